The fraction of sp³-hybridized carbons (Fsp3) is 0.105. The van der Waals surface area contributed by atoms with E-state index < -0.39 is 5.63 Å². The number of carbonyl (C=O) groups excluding carboxylic acids is 1. The summed E-state index contributed by atoms with van der Waals surface area (Å²) < 4.78 is 10.3. The maximum absolute atomic E-state index is 12.1. The van der Waals surface area contributed by atoms with Crippen LogP contribution in [-0.4, -0.2) is 18.7 Å². The lowest BCUT2D eigenvalue weighted by Crippen LogP contribution is -2.21. The summed E-state index contributed by atoms with van der Waals surface area (Å²) in [5.41, 5.74) is 3.54. The number of nitrogens with one attached hydrogen (secondary N) is 1. The molecule has 1 aromatic heterocycles. The molecule has 2 aromatic carbocycles. The van der Waals surface area contributed by atoms with Gasteiger partial charge in [-0.25, -0.2) is 10.2 Å². The van der Waals surface area contributed by atoms with Gasteiger partial charge in [0, 0.05) is 10.9 Å². The number of hydrazone groups is 1. The number of amides is 1. The number of ether oxygens (including phenoxy) is 1. The second-order valence-corrected chi connectivity index (χ2v) is 5.35. The molecule has 0 bridgehead atoms. The first-order valence-corrected chi connectivity index (χ1v) is 7.60. The normalized spacial score (nSPS) is 11.4. The van der Waals surface area contributed by atoms with E-state index in [4.69, 9.17) is 9.15 Å². The van der Waals surface area contributed by atoms with Gasteiger partial charge in [0.1, 0.15) is 11.3 Å². The highest BCUT2D eigenvalue weighted by molar-refractivity contribution is 6.02. The molecule has 1 amide bonds. The smallest absolute Gasteiger partial charge is 0.345 e. The molecule has 0 radical (unpaired) electrons. The van der Waals surface area contributed by atoms with E-state index in [1.54, 1.807) is 56.5 Å². The zero-order valence-corrected chi connectivity index (χ0v) is 13.8. The predicted molar refractivity (Wildman–Crippen MR) is 95.2 cm³/mol. The van der Waals surface area contributed by atoms with Crippen LogP contribution in [0.5, 0.6) is 5.75 Å². The van der Waals surface area contributed by atoms with E-state index in [0.717, 1.165) is 5.39 Å². The van der Waals surface area contributed by atoms with Crippen molar-refractivity contribution in [3.05, 3.63) is 76.1 Å². The minimum absolute atomic E-state index is 0.300. The maximum atomic E-state index is 12.1. The van der Waals surface area contributed by atoms with Crippen LogP contribution in [-0.2, 0) is 0 Å². The van der Waals surface area contributed by atoms with Gasteiger partial charge in [-0.3, -0.25) is 4.79 Å². The van der Waals surface area contributed by atoms with Crippen molar-refractivity contribution in [3.63, 3.8) is 0 Å². The van der Waals surface area contributed by atoms with Crippen molar-refractivity contribution in [3.8, 4) is 5.75 Å². The maximum Gasteiger partial charge on any atom is 0.345 e. The number of para-hydroxylation sites is 1. The molecule has 0 unspecified atom stereocenters. The highest BCUT2D eigenvalue weighted by Crippen LogP contribution is 2.13. The number of nitrogens with zero attached hydrogens (tertiary/aromatic N) is 1. The predicted octanol–water partition coefficient (Wildman–Crippen LogP) is 2.96. The first kappa shape index (κ1) is 16.4. The van der Waals surface area contributed by atoms with Gasteiger partial charge in [0.05, 0.1) is 18.4 Å². The Kier molecular flexibility index (Phi) is 4.61. The monoisotopic (exact) mass is 336 g/mol. The number of hydrogen-bond donors (Lipinski definition) is 1. The van der Waals surface area contributed by atoms with E-state index in [9.17, 15) is 9.59 Å². The third kappa shape index (κ3) is 3.58. The van der Waals surface area contributed by atoms with Crippen molar-refractivity contribution in [1.29, 1.82) is 0 Å². The van der Waals surface area contributed by atoms with Gasteiger partial charge in [-0.15, -0.1) is 0 Å². The van der Waals surface area contributed by atoms with E-state index >= 15 is 0 Å². The van der Waals surface area contributed by atoms with Gasteiger partial charge in [0.15, 0.2) is 0 Å². The minimum Gasteiger partial charge on any atom is -0.497 e. The molecule has 3 rings (SSSR count). The summed E-state index contributed by atoms with van der Waals surface area (Å²) in [7, 11) is 1.55. The Morgan fingerprint density at radius 1 is 1.12 bits per heavy atom. The summed E-state index contributed by atoms with van der Waals surface area (Å²) >= 11 is 0. The number of carbonyl (C=O) groups is 1. The molecule has 0 aliphatic heterocycles. The fourth-order valence-electron chi connectivity index (χ4n) is 2.32. The molecular weight excluding hydrogens is 320 g/mol. The molecule has 1 heterocycles. The number of methoxy groups -OCH3 is 1. The Morgan fingerprint density at radius 3 is 2.56 bits per heavy atom. The Balaban J connectivity index is 1.82. The van der Waals surface area contributed by atoms with Gasteiger partial charge in [-0.1, -0.05) is 18.2 Å². The van der Waals surface area contributed by atoms with E-state index in [1.807, 2.05) is 12.1 Å². The first-order chi connectivity index (χ1) is 12.1. The summed E-state index contributed by atoms with van der Waals surface area (Å²) in [5.74, 6) is 0.275. The van der Waals surface area contributed by atoms with Gasteiger partial charge in [-0.05, 0) is 43.3 Å². The van der Waals surface area contributed by atoms with Crippen molar-refractivity contribution in [2.45, 2.75) is 6.92 Å². The summed E-state index contributed by atoms with van der Waals surface area (Å²) in [6.45, 7) is 1.63. The van der Waals surface area contributed by atoms with Gasteiger partial charge in [0.2, 0.25) is 0 Å². The van der Waals surface area contributed by atoms with E-state index in [-0.39, 0.29) is 5.91 Å². The molecule has 25 heavy (non-hydrogen) atoms. The molecular formula is C19H16N2O4. The zero-order chi connectivity index (χ0) is 17.8. The van der Waals surface area contributed by atoms with E-state index in [0.29, 0.717) is 28.2 Å². The highest BCUT2D eigenvalue weighted by Gasteiger charge is 2.10. The van der Waals surface area contributed by atoms with Crippen molar-refractivity contribution < 1.29 is 13.9 Å². The van der Waals surface area contributed by atoms with Crippen LogP contribution in [0.25, 0.3) is 11.0 Å². The third-order valence-electron chi connectivity index (χ3n) is 3.71. The van der Waals surface area contributed by atoms with Crippen LogP contribution in [0.3, 0.4) is 0 Å². The molecule has 0 aliphatic carbocycles. The second kappa shape index (κ2) is 7.00. The molecule has 0 aliphatic rings. The van der Waals surface area contributed by atoms with Crippen molar-refractivity contribution in [1.82, 2.24) is 5.43 Å². The summed E-state index contributed by atoms with van der Waals surface area (Å²) in [6, 6.07) is 15.5. The molecule has 6 heteroatoms. The van der Waals surface area contributed by atoms with Gasteiger partial charge >= 0.3 is 5.63 Å². The lowest BCUT2D eigenvalue weighted by atomic mass is 10.1. The van der Waals surface area contributed by atoms with Crippen molar-refractivity contribution >= 4 is 22.6 Å². The Bertz CT molecular complexity index is 1000. The minimum atomic E-state index is -0.501. The van der Waals surface area contributed by atoms with E-state index in [1.165, 1.54) is 0 Å². The van der Waals surface area contributed by atoms with Crippen LogP contribution < -0.4 is 15.8 Å². The fourth-order valence-corrected chi connectivity index (χ4v) is 2.32. The zero-order valence-electron chi connectivity index (χ0n) is 13.8. The second-order valence-electron chi connectivity index (χ2n) is 5.35. The molecule has 0 spiro atoms. The summed E-state index contributed by atoms with van der Waals surface area (Å²) in [4.78, 5) is 24.2. The lowest BCUT2D eigenvalue weighted by Gasteiger charge is -2.04. The molecule has 0 saturated carbocycles. The summed E-state index contributed by atoms with van der Waals surface area (Å²) in [5, 5.41) is 4.79. The van der Waals surface area contributed by atoms with Crippen LogP contribution in [0, 0.1) is 0 Å². The Labute approximate surface area is 143 Å². The third-order valence-corrected chi connectivity index (χ3v) is 3.71. The molecule has 0 saturated heterocycles. The largest absolute Gasteiger partial charge is 0.497 e. The average Bonchev–Trinajstić information content (AvgIpc) is 2.65. The number of fused-ring (bicyclic) bond motifs is 1. The van der Waals surface area contributed by atoms with Crippen LogP contribution in [0.2, 0.25) is 0 Å². The van der Waals surface area contributed by atoms with Gasteiger partial charge in [0.25, 0.3) is 5.91 Å². The summed E-state index contributed by atoms with van der Waals surface area (Å²) in [6.07, 6.45) is 0. The van der Waals surface area contributed by atoms with Gasteiger partial charge < -0.3 is 9.15 Å². The first-order valence-electron chi connectivity index (χ1n) is 7.60. The van der Waals surface area contributed by atoms with Crippen LogP contribution >= 0.6 is 0 Å². The molecule has 3 aromatic rings. The topological polar surface area (TPSA) is 80.9 Å². The van der Waals surface area contributed by atoms with Gasteiger partial charge in [-0.2, -0.15) is 5.10 Å². The van der Waals surface area contributed by atoms with Crippen LogP contribution in [0.4, 0.5) is 0 Å². The van der Waals surface area contributed by atoms with E-state index in [2.05, 4.69) is 10.5 Å². The quantitative estimate of drug-likeness (QED) is 0.451. The Morgan fingerprint density at radius 2 is 1.84 bits per heavy atom. The number of benzene rings is 2. The molecule has 126 valence electrons. The van der Waals surface area contributed by atoms with Crippen molar-refractivity contribution in [2.24, 2.45) is 5.10 Å². The lowest BCUT2D eigenvalue weighted by molar-refractivity contribution is 0.0955. The molecule has 1 N–H and O–H groups in total. The molecule has 6 nitrogen and oxygen atoms in total. The highest BCUT2D eigenvalue weighted by atomic mass is 16.5. The van der Waals surface area contributed by atoms with Crippen LogP contribution in [0.15, 0.2) is 68.9 Å². The van der Waals surface area contributed by atoms with Crippen molar-refractivity contribution in [2.75, 3.05) is 7.11 Å². The Hall–Kier alpha value is -3.41. The molecule has 0 fully saturated rings. The standard InChI is InChI=1S/C19H16N2O4/c1-12(16-11-14-5-3-4-6-17(14)25-19(16)23)20-21-18(22)13-7-9-15(24-2)10-8-13/h3-11H,1-2H3,(H,21,22)/b20-12-. The number of hydrogen-bond acceptors (Lipinski definition) is 5. The number of rotatable bonds is 4. The van der Waals surface area contributed by atoms with Crippen LogP contribution in [0.1, 0.15) is 22.8 Å². The average molecular weight is 336 g/mol. The molecule has 0 atom stereocenters. The SMILES string of the molecule is COc1ccc(C(=O)N/N=C(/C)c2cc3ccccc3oc2=O)cc1.